The molecule has 2 rings (SSSR count). The minimum absolute atomic E-state index is 0.508. The molecule has 0 saturated carbocycles. The molecule has 5 nitrogen and oxygen atoms in total. The molecule has 2 aromatic rings. The van der Waals surface area contributed by atoms with E-state index in [1.165, 1.54) is 0 Å². The second-order valence-corrected chi connectivity index (χ2v) is 4.91. The van der Waals surface area contributed by atoms with Crippen LogP contribution in [0.4, 0.5) is 5.69 Å². The Kier molecular flexibility index (Phi) is 4.24. The van der Waals surface area contributed by atoms with E-state index in [1.807, 2.05) is 24.9 Å². The lowest BCUT2D eigenvalue weighted by molar-refractivity contribution is 0.426. The van der Waals surface area contributed by atoms with E-state index in [0.29, 0.717) is 6.04 Å². The Morgan fingerprint density at radius 2 is 2.00 bits per heavy atom. The summed E-state index contributed by atoms with van der Waals surface area (Å²) in [4.78, 5) is 0. The molecule has 0 aliphatic rings. The molecular weight excluding hydrogens is 238 g/mol. The number of aryl methyl sites for hydroxylation is 2. The van der Waals surface area contributed by atoms with Crippen LogP contribution in [0, 0.1) is 6.92 Å². The molecule has 0 atom stereocenters. The molecule has 2 heterocycles. The standard InChI is InChI=1S/C14H23N5/c1-5-13(6-2)19-8-7-12(17-19)9-15-14-10-18(4)16-11(14)3/h7-8,10,13,15H,5-6,9H2,1-4H3. The van der Waals surface area contributed by atoms with Crippen LogP contribution in [-0.4, -0.2) is 19.6 Å². The summed E-state index contributed by atoms with van der Waals surface area (Å²) in [5.74, 6) is 0. The first-order chi connectivity index (χ1) is 9.13. The van der Waals surface area contributed by atoms with Crippen LogP contribution in [0.2, 0.25) is 0 Å². The van der Waals surface area contributed by atoms with Crippen LogP contribution in [0.25, 0.3) is 0 Å². The van der Waals surface area contributed by atoms with Crippen LogP contribution in [0.3, 0.4) is 0 Å². The Labute approximate surface area is 114 Å². The Balaban J connectivity index is 1.98. The van der Waals surface area contributed by atoms with Crippen molar-refractivity contribution >= 4 is 5.69 Å². The van der Waals surface area contributed by atoms with Crippen molar-refractivity contribution in [2.75, 3.05) is 5.32 Å². The number of anilines is 1. The molecule has 0 aromatic carbocycles. The van der Waals surface area contributed by atoms with Gasteiger partial charge in [0.1, 0.15) is 0 Å². The van der Waals surface area contributed by atoms with Crippen LogP contribution < -0.4 is 5.32 Å². The number of hydrogen-bond acceptors (Lipinski definition) is 3. The highest BCUT2D eigenvalue weighted by molar-refractivity contribution is 5.45. The maximum atomic E-state index is 4.63. The van der Waals surface area contributed by atoms with E-state index in [2.05, 4.69) is 46.3 Å². The van der Waals surface area contributed by atoms with E-state index < -0.39 is 0 Å². The summed E-state index contributed by atoms with van der Waals surface area (Å²) in [7, 11) is 1.93. The van der Waals surface area contributed by atoms with Crippen LogP contribution in [0.5, 0.6) is 0 Å². The first-order valence-corrected chi connectivity index (χ1v) is 6.92. The molecule has 0 aliphatic heterocycles. The highest BCUT2D eigenvalue weighted by atomic mass is 15.3. The van der Waals surface area contributed by atoms with Gasteiger partial charge in [0, 0.05) is 19.4 Å². The van der Waals surface area contributed by atoms with Gasteiger partial charge in [0.05, 0.1) is 29.7 Å². The monoisotopic (exact) mass is 261 g/mol. The van der Waals surface area contributed by atoms with Gasteiger partial charge in [-0.2, -0.15) is 10.2 Å². The van der Waals surface area contributed by atoms with E-state index in [4.69, 9.17) is 0 Å². The number of rotatable bonds is 6. The second kappa shape index (κ2) is 5.91. The first kappa shape index (κ1) is 13.6. The van der Waals surface area contributed by atoms with Crippen molar-refractivity contribution in [1.29, 1.82) is 0 Å². The summed E-state index contributed by atoms with van der Waals surface area (Å²) in [5.41, 5.74) is 3.15. The molecule has 2 aromatic heterocycles. The lowest BCUT2D eigenvalue weighted by atomic mass is 10.2. The largest absolute Gasteiger partial charge is 0.377 e. The Morgan fingerprint density at radius 1 is 1.26 bits per heavy atom. The summed E-state index contributed by atoms with van der Waals surface area (Å²) in [6.07, 6.45) is 6.30. The maximum Gasteiger partial charge on any atom is 0.0825 e. The zero-order valence-corrected chi connectivity index (χ0v) is 12.2. The van der Waals surface area contributed by atoms with Crippen LogP contribution in [0.15, 0.2) is 18.5 Å². The first-order valence-electron chi connectivity index (χ1n) is 6.92. The topological polar surface area (TPSA) is 47.7 Å². The Hall–Kier alpha value is -1.78. The van der Waals surface area contributed by atoms with Gasteiger partial charge in [-0.05, 0) is 25.8 Å². The minimum atomic E-state index is 0.508. The van der Waals surface area contributed by atoms with Crippen molar-refractivity contribution in [2.24, 2.45) is 7.05 Å². The summed E-state index contributed by atoms with van der Waals surface area (Å²) >= 11 is 0. The van der Waals surface area contributed by atoms with E-state index in [-0.39, 0.29) is 0 Å². The molecule has 19 heavy (non-hydrogen) atoms. The fourth-order valence-corrected chi connectivity index (χ4v) is 2.30. The predicted molar refractivity (Wildman–Crippen MR) is 77.1 cm³/mol. The van der Waals surface area contributed by atoms with Gasteiger partial charge in [-0.15, -0.1) is 0 Å². The zero-order chi connectivity index (χ0) is 13.8. The Morgan fingerprint density at radius 3 is 2.58 bits per heavy atom. The quantitative estimate of drug-likeness (QED) is 0.869. The molecule has 0 amide bonds. The number of hydrogen-bond donors (Lipinski definition) is 1. The van der Waals surface area contributed by atoms with Crippen molar-refractivity contribution < 1.29 is 0 Å². The van der Waals surface area contributed by atoms with Gasteiger partial charge in [0.2, 0.25) is 0 Å². The average molecular weight is 261 g/mol. The van der Waals surface area contributed by atoms with Crippen LogP contribution in [-0.2, 0) is 13.6 Å². The highest BCUT2D eigenvalue weighted by Gasteiger charge is 2.08. The number of aromatic nitrogens is 4. The fourth-order valence-electron chi connectivity index (χ4n) is 2.30. The summed E-state index contributed by atoms with van der Waals surface area (Å²) in [6.45, 7) is 7.14. The van der Waals surface area contributed by atoms with E-state index in [9.17, 15) is 0 Å². The normalized spacial score (nSPS) is 11.2. The van der Waals surface area contributed by atoms with Gasteiger partial charge in [0.15, 0.2) is 0 Å². The average Bonchev–Trinajstić information content (AvgIpc) is 2.96. The third-order valence-electron chi connectivity index (χ3n) is 3.45. The van der Waals surface area contributed by atoms with Crippen molar-refractivity contribution in [2.45, 2.75) is 46.2 Å². The van der Waals surface area contributed by atoms with Crippen molar-refractivity contribution in [3.05, 3.63) is 29.8 Å². The predicted octanol–water partition coefficient (Wildman–Crippen LogP) is 2.90. The number of nitrogens with one attached hydrogen (secondary N) is 1. The van der Waals surface area contributed by atoms with Crippen molar-refractivity contribution in [3.63, 3.8) is 0 Å². The molecular formula is C14H23N5. The molecule has 104 valence electrons. The fraction of sp³-hybridized carbons (Fsp3) is 0.571. The van der Waals surface area contributed by atoms with Gasteiger partial charge < -0.3 is 5.32 Å². The molecule has 0 aliphatic carbocycles. The van der Waals surface area contributed by atoms with Crippen molar-refractivity contribution in [3.8, 4) is 0 Å². The smallest absolute Gasteiger partial charge is 0.0825 e. The lowest BCUT2D eigenvalue weighted by Crippen LogP contribution is -2.09. The third-order valence-corrected chi connectivity index (χ3v) is 3.45. The van der Waals surface area contributed by atoms with Crippen LogP contribution >= 0.6 is 0 Å². The zero-order valence-electron chi connectivity index (χ0n) is 12.2. The van der Waals surface area contributed by atoms with E-state index in [1.54, 1.807) is 0 Å². The SMILES string of the molecule is CCC(CC)n1ccc(CNc2cn(C)nc2C)n1. The van der Waals surface area contributed by atoms with Gasteiger partial charge in [-0.25, -0.2) is 0 Å². The summed E-state index contributed by atoms with van der Waals surface area (Å²) in [6, 6.07) is 2.59. The molecule has 0 bridgehead atoms. The highest BCUT2D eigenvalue weighted by Crippen LogP contribution is 2.16. The molecule has 1 N–H and O–H groups in total. The Bertz CT molecular complexity index is 522. The third kappa shape index (κ3) is 3.16. The minimum Gasteiger partial charge on any atom is -0.377 e. The summed E-state index contributed by atoms with van der Waals surface area (Å²) < 4.78 is 3.90. The molecule has 0 fully saturated rings. The van der Waals surface area contributed by atoms with E-state index >= 15 is 0 Å². The van der Waals surface area contributed by atoms with Gasteiger partial charge in [0.25, 0.3) is 0 Å². The van der Waals surface area contributed by atoms with Crippen molar-refractivity contribution in [1.82, 2.24) is 19.6 Å². The van der Waals surface area contributed by atoms with Gasteiger partial charge >= 0.3 is 0 Å². The van der Waals surface area contributed by atoms with Gasteiger partial charge in [-0.1, -0.05) is 13.8 Å². The molecule has 0 saturated heterocycles. The maximum absolute atomic E-state index is 4.63. The summed E-state index contributed by atoms with van der Waals surface area (Å²) in [5, 5.41) is 12.3. The molecule has 5 heteroatoms. The lowest BCUT2D eigenvalue weighted by Gasteiger charge is -2.12. The molecule has 0 spiro atoms. The van der Waals surface area contributed by atoms with Crippen LogP contribution in [0.1, 0.15) is 44.1 Å². The molecule has 0 radical (unpaired) electrons. The van der Waals surface area contributed by atoms with E-state index in [0.717, 1.165) is 36.5 Å². The van der Waals surface area contributed by atoms with Gasteiger partial charge in [-0.3, -0.25) is 9.36 Å². The molecule has 0 unspecified atom stereocenters. The number of nitrogens with zero attached hydrogens (tertiary/aromatic N) is 4. The second-order valence-electron chi connectivity index (χ2n) is 4.91.